The molecular formula is C26H38O8. The highest BCUT2D eigenvalue weighted by Gasteiger charge is 2.79. The average Bonchev–Trinajstić information content (AvgIpc) is 3.26. The van der Waals surface area contributed by atoms with E-state index in [9.17, 15) is 20.4 Å². The standard InChI is InChI=1S/C26H38O8/c1-12(2)13-6-7-23(3)8-9-24(4)19(17(13)23)15(27)10-14-18-20(24)33-22-25(18,29)26(30,16(28)11-32-22)34-21(14)31-5/h10,12,15-16,18-22,27-30H,6-9,11H2,1-5H3. The summed E-state index contributed by atoms with van der Waals surface area (Å²) < 4.78 is 23.7. The molecule has 3 aliphatic heterocycles. The maximum Gasteiger partial charge on any atom is 0.232 e. The summed E-state index contributed by atoms with van der Waals surface area (Å²) >= 11 is 0. The van der Waals surface area contributed by atoms with Gasteiger partial charge in [-0.25, -0.2) is 0 Å². The molecule has 0 bridgehead atoms. The van der Waals surface area contributed by atoms with Crippen LogP contribution in [0.25, 0.3) is 0 Å². The molecule has 8 heteroatoms. The summed E-state index contributed by atoms with van der Waals surface area (Å²) in [7, 11) is 1.45. The number of allylic oxidation sites excluding steroid dienone is 1. The molecule has 1 saturated carbocycles. The number of aliphatic hydroxyl groups is 4. The van der Waals surface area contributed by atoms with Gasteiger partial charge in [0.15, 0.2) is 18.2 Å². The molecule has 0 aromatic rings. The van der Waals surface area contributed by atoms with Gasteiger partial charge in [0.25, 0.3) is 0 Å². The zero-order chi connectivity index (χ0) is 24.4. The summed E-state index contributed by atoms with van der Waals surface area (Å²) in [4.78, 5) is 0. The Morgan fingerprint density at radius 2 is 1.82 bits per heavy atom. The van der Waals surface area contributed by atoms with Crippen molar-refractivity contribution in [2.24, 2.45) is 28.6 Å². The Kier molecular flexibility index (Phi) is 4.94. The van der Waals surface area contributed by atoms with E-state index in [1.54, 1.807) is 6.08 Å². The molecule has 4 fully saturated rings. The highest BCUT2D eigenvalue weighted by Crippen LogP contribution is 2.68. The molecule has 190 valence electrons. The van der Waals surface area contributed by atoms with Gasteiger partial charge in [-0.1, -0.05) is 44.9 Å². The van der Waals surface area contributed by atoms with Gasteiger partial charge in [0.1, 0.15) is 6.10 Å². The number of rotatable bonds is 2. The van der Waals surface area contributed by atoms with Gasteiger partial charge >= 0.3 is 0 Å². The Labute approximate surface area is 200 Å². The molecule has 4 N–H and O–H groups in total. The topological polar surface area (TPSA) is 118 Å². The molecule has 3 saturated heterocycles. The first kappa shape index (κ1) is 23.6. The average molecular weight is 479 g/mol. The Bertz CT molecular complexity index is 960. The van der Waals surface area contributed by atoms with Gasteiger partial charge in [-0.05, 0) is 42.6 Å². The van der Waals surface area contributed by atoms with E-state index < -0.39 is 53.6 Å². The quantitative estimate of drug-likeness (QED) is 0.442. The van der Waals surface area contributed by atoms with Crippen LogP contribution in [0.1, 0.15) is 53.4 Å². The first-order chi connectivity index (χ1) is 15.9. The number of hydrogen-bond acceptors (Lipinski definition) is 8. The third kappa shape index (κ3) is 2.56. The maximum atomic E-state index is 12.1. The third-order valence-corrected chi connectivity index (χ3v) is 10.2. The molecule has 3 aliphatic carbocycles. The van der Waals surface area contributed by atoms with Gasteiger partial charge in [0.05, 0.1) is 24.7 Å². The highest BCUT2D eigenvalue weighted by atomic mass is 16.8. The lowest BCUT2D eigenvalue weighted by Crippen LogP contribution is -2.77. The SMILES string of the molecule is COC1OC2(O)C(O)COC3OC4C(C1=CC(O)C1C5=C(C(C)C)CCC5(C)CCC41C)C32O. The number of ether oxygens (including phenoxy) is 4. The molecule has 0 aromatic heterocycles. The minimum absolute atomic E-state index is 0.0195. The monoisotopic (exact) mass is 478 g/mol. The Morgan fingerprint density at radius 3 is 2.50 bits per heavy atom. The van der Waals surface area contributed by atoms with Crippen molar-refractivity contribution in [2.75, 3.05) is 13.7 Å². The van der Waals surface area contributed by atoms with Crippen molar-refractivity contribution in [2.45, 2.75) is 95.7 Å². The fourth-order valence-corrected chi connectivity index (χ4v) is 8.40. The molecule has 0 radical (unpaired) electrons. The van der Waals surface area contributed by atoms with E-state index in [1.807, 2.05) is 0 Å². The van der Waals surface area contributed by atoms with Gasteiger partial charge < -0.3 is 39.4 Å². The van der Waals surface area contributed by atoms with E-state index in [0.29, 0.717) is 11.5 Å². The second kappa shape index (κ2) is 7.13. The molecule has 3 heterocycles. The molecule has 11 atom stereocenters. The van der Waals surface area contributed by atoms with E-state index in [4.69, 9.17) is 18.9 Å². The van der Waals surface area contributed by atoms with Crippen molar-refractivity contribution in [1.82, 2.24) is 0 Å². The Hall–Kier alpha value is -0.840. The maximum absolute atomic E-state index is 12.1. The van der Waals surface area contributed by atoms with Crippen LogP contribution < -0.4 is 0 Å². The molecule has 6 rings (SSSR count). The summed E-state index contributed by atoms with van der Waals surface area (Å²) in [5, 5.41) is 46.1. The summed E-state index contributed by atoms with van der Waals surface area (Å²) in [5.41, 5.74) is 0.716. The largest absolute Gasteiger partial charge is 0.388 e. The molecule has 11 unspecified atom stereocenters. The van der Waals surface area contributed by atoms with Crippen LogP contribution in [0.2, 0.25) is 0 Å². The van der Waals surface area contributed by atoms with Crippen LogP contribution in [0.5, 0.6) is 0 Å². The van der Waals surface area contributed by atoms with Crippen molar-refractivity contribution in [3.05, 3.63) is 22.8 Å². The van der Waals surface area contributed by atoms with Gasteiger partial charge in [-0.2, -0.15) is 0 Å². The van der Waals surface area contributed by atoms with Crippen LogP contribution >= 0.6 is 0 Å². The summed E-state index contributed by atoms with van der Waals surface area (Å²) in [5.74, 6) is -2.93. The summed E-state index contributed by atoms with van der Waals surface area (Å²) in [6.07, 6.45) is 0.519. The summed E-state index contributed by atoms with van der Waals surface area (Å²) in [6, 6.07) is 0. The fourth-order valence-electron chi connectivity index (χ4n) is 8.40. The fraction of sp³-hybridized carbons (Fsp3) is 0.846. The van der Waals surface area contributed by atoms with Crippen LogP contribution in [0.15, 0.2) is 22.8 Å². The minimum atomic E-state index is -2.33. The predicted molar refractivity (Wildman–Crippen MR) is 120 cm³/mol. The molecular weight excluding hydrogens is 440 g/mol. The van der Waals surface area contributed by atoms with Crippen LogP contribution in [-0.2, 0) is 18.9 Å². The lowest BCUT2D eigenvalue weighted by Gasteiger charge is -2.56. The minimum Gasteiger partial charge on any atom is -0.388 e. The van der Waals surface area contributed by atoms with Crippen LogP contribution in [0.3, 0.4) is 0 Å². The van der Waals surface area contributed by atoms with Gasteiger partial charge in [-0.15, -0.1) is 0 Å². The van der Waals surface area contributed by atoms with Crippen molar-refractivity contribution in [3.63, 3.8) is 0 Å². The van der Waals surface area contributed by atoms with E-state index in [0.717, 1.165) is 25.7 Å². The van der Waals surface area contributed by atoms with Gasteiger partial charge in [0.2, 0.25) is 5.79 Å². The number of aliphatic hydroxyl groups excluding tert-OH is 2. The molecule has 8 nitrogen and oxygen atoms in total. The van der Waals surface area contributed by atoms with E-state index in [1.165, 1.54) is 18.3 Å². The third-order valence-electron chi connectivity index (χ3n) is 10.2. The van der Waals surface area contributed by atoms with E-state index in [2.05, 4.69) is 27.7 Å². The lowest BCUT2D eigenvalue weighted by molar-refractivity contribution is -0.441. The van der Waals surface area contributed by atoms with Crippen molar-refractivity contribution in [3.8, 4) is 0 Å². The molecule has 6 aliphatic rings. The predicted octanol–water partition coefficient (Wildman–Crippen LogP) is 1.61. The normalized spacial score (nSPS) is 56.1. The van der Waals surface area contributed by atoms with Crippen molar-refractivity contribution < 1.29 is 39.4 Å². The molecule has 34 heavy (non-hydrogen) atoms. The first-order valence-corrected chi connectivity index (χ1v) is 12.7. The Balaban J connectivity index is 1.58. The Morgan fingerprint density at radius 1 is 1.09 bits per heavy atom. The van der Waals surface area contributed by atoms with E-state index in [-0.39, 0.29) is 17.9 Å². The first-order valence-electron chi connectivity index (χ1n) is 12.7. The van der Waals surface area contributed by atoms with Crippen molar-refractivity contribution >= 4 is 0 Å². The highest BCUT2D eigenvalue weighted by molar-refractivity contribution is 5.41. The molecule has 0 amide bonds. The molecule has 0 aromatic carbocycles. The second-order valence-corrected chi connectivity index (χ2v) is 12.2. The number of hydrogen-bond donors (Lipinski definition) is 4. The zero-order valence-corrected chi connectivity index (χ0v) is 20.7. The van der Waals surface area contributed by atoms with E-state index >= 15 is 0 Å². The second-order valence-electron chi connectivity index (χ2n) is 12.2. The number of fused-ring (bicyclic) bond motifs is 4. The summed E-state index contributed by atoms with van der Waals surface area (Å²) in [6.45, 7) is 8.65. The van der Waals surface area contributed by atoms with Gasteiger partial charge in [0, 0.05) is 18.4 Å². The van der Waals surface area contributed by atoms with Gasteiger partial charge in [-0.3, -0.25) is 0 Å². The molecule has 0 spiro atoms. The van der Waals surface area contributed by atoms with Crippen LogP contribution in [0.4, 0.5) is 0 Å². The van der Waals surface area contributed by atoms with Crippen molar-refractivity contribution in [1.29, 1.82) is 0 Å². The smallest absolute Gasteiger partial charge is 0.232 e. The van der Waals surface area contributed by atoms with Crippen LogP contribution in [0, 0.1) is 28.6 Å². The lowest BCUT2D eigenvalue weighted by atomic mass is 9.52. The zero-order valence-electron chi connectivity index (χ0n) is 20.7. The number of methoxy groups -OCH3 is 1. The van der Waals surface area contributed by atoms with Crippen LogP contribution in [-0.4, -0.2) is 76.4 Å².